The summed E-state index contributed by atoms with van der Waals surface area (Å²) in [6.45, 7) is 5.12. The van der Waals surface area contributed by atoms with E-state index in [2.05, 4.69) is 10.6 Å². The van der Waals surface area contributed by atoms with Crippen molar-refractivity contribution in [1.82, 2.24) is 10.2 Å². The third-order valence-electron chi connectivity index (χ3n) is 5.36. The Labute approximate surface area is 195 Å². The Morgan fingerprint density at radius 1 is 1.21 bits per heavy atom. The average Bonchev–Trinajstić information content (AvgIpc) is 3.25. The van der Waals surface area contributed by atoms with Gasteiger partial charge in [0.15, 0.2) is 0 Å². The van der Waals surface area contributed by atoms with Gasteiger partial charge in [-0.25, -0.2) is 14.0 Å². The molecule has 2 N–H and O–H groups in total. The first-order valence-corrected chi connectivity index (χ1v) is 11.5. The van der Waals surface area contributed by atoms with Crippen LogP contribution in [0.2, 0.25) is 0 Å². The Bertz CT molecular complexity index is 1070. The molecule has 1 aliphatic rings. The molecule has 8 nitrogen and oxygen atoms in total. The Morgan fingerprint density at radius 2 is 1.91 bits per heavy atom. The summed E-state index contributed by atoms with van der Waals surface area (Å²) in [5.41, 5.74) is -0.234. The van der Waals surface area contributed by atoms with Gasteiger partial charge in [-0.2, -0.15) is 0 Å². The molecule has 1 aromatic carbocycles. The number of esters is 1. The van der Waals surface area contributed by atoms with Gasteiger partial charge in [0.25, 0.3) is 5.91 Å². The number of rotatable bonds is 9. The third-order valence-corrected chi connectivity index (χ3v) is 6.49. The minimum Gasteiger partial charge on any atom is -0.462 e. The van der Waals surface area contributed by atoms with Crippen LogP contribution >= 0.6 is 11.3 Å². The molecule has 0 saturated carbocycles. The summed E-state index contributed by atoms with van der Waals surface area (Å²) in [4.78, 5) is 51.9. The van der Waals surface area contributed by atoms with Crippen molar-refractivity contribution in [3.63, 3.8) is 0 Å². The molecular formula is C23H26FN3O5S. The molecule has 0 spiro atoms. The highest BCUT2D eigenvalue weighted by atomic mass is 32.1. The van der Waals surface area contributed by atoms with Crippen LogP contribution in [0.3, 0.4) is 0 Å². The fourth-order valence-electron chi connectivity index (χ4n) is 3.72. The monoisotopic (exact) mass is 475 g/mol. The zero-order valence-corrected chi connectivity index (χ0v) is 19.5. The molecular weight excluding hydrogens is 449 g/mol. The number of amides is 4. The van der Waals surface area contributed by atoms with E-state index in [0.29, 0.717) is 33.8 Å². The molecule has 176 valence electrons. The van der Waals surface area contributed by atoms with Gasteiger partial charge < -0.3 is 15.4 Å². The topological polar surface area (TPSA) is 105 Å². The van der Waals surface area contributed by atoms with Gasteiger partial charge in [-0.05, 0) is 49.6 Å². The van der Waals surface area contributed by atoms with E-state index in [-0.39, 0.29) is 6.61 Å². The van der Waals surface area contributed by atoms with E-state index in [0.717, 1.165) is 22.7 Å². The van der Waals surface area contributed by atoms with Gasteiger partial charge in [0.05, 0.1) is 11.6 Å². The maximum Gasteiger partial charge on any atom is 0.348 e. The number of benzene rings is 1. The van der Waals surface area contributed by atoms with Crippen LogP contribution in [0.15, 0.2) is 30.3 Å². The van der Waals surface area contributed by atoms with Crippen molar-refractivity contribution in [3.8, 4) is 0 Å². The molecule has 0 radical (unpaired) electrons. The van der Waals surface area contributed by atoms with Crippen LogP contribution in [-0.4, -0.2) is 41.9 Å². The lowest BCUT2D eigenvalue weighted by molar-refractivity contribution is -0.134. The fraction of sp³-hybridized carbons (Fsp3) is 0.391. The number of aryl methyl sites for hydroxylation is 1. The number of hydrogen-bond donors (Lipinski definition) is 2. The molecule has 1 aromatic heterocycles. The molecule has 1 fully saturated rings. The predicted octanol–water partition coefficient (Wildman–Crippen LogP) is 3.95. The SMILES string of the molecule is CCCCC1(c2ccc(F)cc2)NC(=O)N(CC(=O)Nc2cc(C)c(C(=O)OCC)s2)C1=O. The van der Waals surface area contributed by atoms with E-state index in [1.807, 2.05) is 6.92 Å². The molecule has 2 aromatic rings. The molecule has 2 heterocycles. The number of carbonyl (C=O) groups is 4. The second-order valence-corrected chi connectivity index (χ2v) is 8.78. The van der Waals surface area contributed by atoms with Gasteiger partial charge in [0.2, 0.25) is 5.91 Å². The van der Waals surface area contributed by atoms with Crippen molar-refractivity contribution >= 4 is 40.2 Å². The molecule has 1 aliphatic heterocycles. The number of nitrogens with one attached hydrogen (secondary N) is 2. The lowest BCUT2D eigenvalue weighted by Gasteiger charge is -2.27. The number of carbonyl (C=O) groups excluding carboxylic acids is 4. The number of unbranched alkanes of at least 4 members (excludes halogenated alkanes) is 1. The molecule has 10 heteroatoms. The van der Waals surface area contributed by atoms with Gasteiger partial charge in [-0.1, -0.05) is 31.9 Å². The van der Waals surface area contributed by atoms with E-state index in [1.165, 1.54) is 24.3 Å². The molecule has 4 amide bonds. The quantitative estimate of drug-likeness (QED) is 0.422. The van der Waals surface area contributed by atoms with Crippen molar-refractivity contribution < 1.29 is 28.3 Å². The standard InChI is InChI=1S/C23H26FN3O5S/c1-4-6-11-23(15-7-9-16(24)10-8-15)21(30)27(22(31)26-23)13-17(28)25-18-12-14(3)19(33-18)20(29)32-5-2/h7-10,12H,4-6,11,13H2,1-3H3,(H,25,28)(H,26,31). The number of urea groups is 1. The van der Waals surface area contributed by atoms with Crippen LogP contribution in [-0.2, 0) is 19.9 Å². The molecule has 0 bridgehead atoms. The zero-order chi connectivity index (χ0) is 24.2. The lowest BCUT2D eigenvalue weighted by Crippen LogP contribution is -2.44. The van der Waals surface area contributed by atoms with Crippen LogP contribution in [0.5, 0.6) is 0 Å². The summed E-state index contributed by atoms with van der Waals surface area (Å²) in [5, 5.41) is 5.77. The molecule has 1 atom stereocenters. The molecule has 3 rings (SSSR count). The fourth-order valence-corrected chi connectivity index (χ4v) is 4.70. The van der Waals surface area contributed by atoms with E-state index < -0.39 is 41.7 Å². The van der Waals surface area contributed by atoms with Crippen molar-refractivity contribution in [1.29, 1.82) is 0 Å². The Morgan fingerprint density at radius 3 is 2.55 bits per heavy atom. The highest BCUT2D eigenvalue weighted by molar-refractivity contribution is 7.18. The van der Waals surface area contributed by atoms with Crippen molar-refractivity contribution in [3.05, 3.63) is 52.2 Å². The number of hydrogen-bond acceptors (Lipinski definition) is 6. The number of ether oxygens (including phenoxy) is 1. The predicted molar refractivity (Wildman–Crippen MR) is 121 cm³/mol. The maximum absolute atomic E-state index is 13.4. The Balaban J connectivity index is 1.77. The smallest absolute Gasteiger partial charge is 0.348 e. The first-order valence-electron chi connectivity index (χ1n) is 10.7. The molecule has 0 aliphatic carbocycles. The van der Waals surface area contributed by atoms with Crippen LogP contribution in [0.4, 0.5) is 14.2 Å². The number of anilines is 1. The van der Waals surface area contributed by atoms with Gasteiger partial charge in [-0.15, -0.1) is 11.3 Å². The highest BCUT2D eigenvalue weighted by Crippen LogP contribution is 2.34. The second kappa shape index (κ2) is 10.1. The van der Waals surface area contributed by atoms with E-state index in [1.54, 1.807) is 19.9 Å². The maximum atomic E-state index is 13.4. The van der Waals surface area contributed by atoms with Crippen molar-refractivity contribution in [2.24, 2.45) is 0 Å². The van der Waals surface area contributed by atoms with Gasteiger partial charge >= 0.3 is 12.0 Å². The van der Waals surface area contributed by atoms with E-state index in [4.69, 9.17) is 4.74 Å². The number of nitrogens with zero attached hydrogens (tertiary/aromatic N) is 1. The van der Waals surface area contributed by atoms with Crippen LogP contribution < -0.4 is 10.6 Å². The first-order chi connectivity index (χ1) is 15.7. The molecule has 1 saturated heterocycles. The highest BCUT2D eigenvalue weighted by Gasteiger charge is 2.52. The van der Waals surface area contributed by atoms with Crippen LogP contribution in [0, 0.1) is 12.7 Å². The number of thiophene rings is 1. The van der Waals surface area contributed by atoms with Gasteiger partial charge in [-0.3, -0.25) is 14.5 Å². The minimum absolute atomic E-state index is 0.234. The van der Waals surface area contributed by atoms with Crippen molar-refractivity contribution in [2.45, 2.75) is 45.6 Å². The summed E-state index contributed by atoms with van der Waals surface area (Å²) in [5.74, 6) is -2.07. The van der Waals surface area contributed by atoms with Crippen LogP contribution in [0.25, 0.3) is 0 Å². The van der Waals surface area contributed by atoms with Crippen LogP contribution in [0.1, 0.15) is 53.9 Å². The summed E-state index contributed by atoms with van der Waals surface area (Å²) in [6.07, 6.45) is 1.76. The summed E-state index contributed by atoms with van der Waals surface area (Å²) in [7, 11) is 0. The Kier molecular flexibility index (Phi) is 7.47. The summed E-state index contributed by atoms with van der Waals surface area (Å²) >= 11 is 1.06. The Hall–Kier alpha value is -3.27. The summed E-state index contributed by atoms with van der Waals surface area (Å²) in [6, 6.07) is 6.35. The number of imide groups is 1. The second-order valence-electron chi connectivity index (χ2n) is 7.73. The lowest BCUT2D eigenvalue weighted by atomic mass is 9.85. The third kappa shape index (κ3) is 5.05. The largest absolute Gasteiger partial charge is 0.462 e. The van der Waals surface area contributed by atoms with Gasteiger partial charge in [0, 0.05) is 0 Å². The van der Waals surface area contributed by atoms with Crippen molar-refractivity contribution in [2.75, 3.05) is 18.5 Å². The normalized spacial score (nSPS) is 17.8. The number of halogens is 1. The average molecular weight is 476 g/mol. The minimum atomic E-state index is -1.35. The van der Waals surface area contributed by atoms with Gasteiger partial charge in [0.1, 0.15) is 22.8 Å². The molecule has 33 heavy (non-hydrogen) atoms. The summed E-state index contributed by atoms with van der Waals surface area (Å²) < 4.78 is 18.4. The first kappa shape index (κ1) is 24.4. The van der Waals surface area contributed by atoms with E-state index in [9.17, 15) is 23.6 Å². The van der Waals surface area contributed by atoms with E-state index >= 15 is 0 Å². The molecule has 1 unspecified atom stereocenters. The zero-order valence-electron chi connectivity index (χ0n) is 18.7.